The first-order valence-electron chi connectivity index (χ1n) is 8.30. The SMILES string of the molecule is CCOc1ccc(NS(=O)(=O)c2ccc(C(=O)NCCCN)cc2)cc1.Cl. The van der Waals surface area contributed by atoms with Crippen molar-refractivity contribution in [1.82, 2.24) is 5.32 Å². The molecule has 0 spiro atoms. The topological polar surface area (TPSA) is 111 Å². The van der Waals surface area contributed by atoms with E-state index in [1.807, 2.05) is 6.92 Å². The van der Waals surface area contributed by atoms with Crippen molar-refractivity contribution in [2.24, 2.45) is 5.73 Å². The number of hydrogen-bond acceptors (Lipinski definition) is 5. The Hall–Kier alpha value is -2.29. The molecule has 0 atom stereocenters. The summed E-state index contributed by atoms with van der Waals surface area (Å²) in [7, 11) is -3.74. The first-order valence-corrected chi connectivity index (χ1v) is 9.78. The van der Waals surface area contributed by atoms with E-state index in [4.69, 9.17) is 10.5 Å². The van der Waals surface area contributed by atoms with E-state index in [1.165, 1.54) is 24.3 Å². The van der Waals surface area contributed by atoms with Crippen LogP contribution in [0.2, 0.25) is 0 Å². The van der Waals surface area contributed by atoms with Gasteiger partial charge in [0.25, 0.3) is 15.9 Å². The molecule has 1 amide bonds. The Kier molecular flexibility index (Phi) is 9.07. The van der Waals surface area contributed by atoms with Gasteiger partial charge in [0.05, 0.1) is 11.5 Å². The largest absolute Gasteiger partial charge is 0.494 e. The normalized spacial score (nSPS) is 10.6. The van der Waals surface area contributed by atoms with Crippen molar-refractivity contribution in [3.8, 4) is 5.75 Å². The molecule has 0 aliphatic rings. The number of rotatable bonds is 9. The van der Waals surface area contributed by atoms with Crippen molar-refractivity contribution >= 4 is 34.0 Å². The molecule has 0 aliphatic heterocycles. The Morgan fingerprint density at radius 2 is 1.70 bits per heavy atom. The molecule has 7 nitrogen and oxygen atoms in total. The van der Waals surface area contributed by atoms with Gasteiger partial charge in [-0.15, -0.1) is 12.4 Å². The maximum Gasteiger partial charge on any atom is 0.261 e. The molecule has 0 saturated carbocycles. The third kappa shape index (κ3) is 6.74. The molecular weight excluding hydrogens is 390 g/mol. The first kappa shape index (κ1) is 22.8. The number of hydrogen-bond donors (Lipinski definition) is 3. The van der Waals surface area contributed by atoms with E-state index < -0.39 is 10.0 Å². The minimum absolute atomic E-state index is 0. The number of nitrogens with two attached hydrogens (primary N) is 1. The van der Waals surface area contributed by atoms with Crippen LogP contribution in [0.25, 0.3) is 0 Å². The zero-order valence-corrected chi connectivity index (χ0v) is 16.6. The summed E-state index contributed by atoms with van der Waals surface area (Å²) in [6, 6.07) is 12.4. The van der Waals surface area contributed by atoms with Gasteiger partial charge in [-0.2, -0.15) is 0 Å². The molecule has 2 aromatic rings. The van der Waals surface area contributed by atoms with Crippen LogP contribution < -0.4 is 20.5 Å². The highest BCUT2D eigenvalue weighted by Gasteiger charge is 2.15. The van der Waals surface area contributed by atoms with Crippen LogP contribution in [-0.4, -0.2) is 34.0 Å². The summed E-state index contributed by atoms with van der Waals surface area (Å²) >= 11 is 0. The lowest BCUT2D eigenvalue weighted by Gasteiger charge is -2.10. The minimum atomic E-state index is -3.74. The first-order chi connectivity index (χ1) is 12.5. The Bertz CT molecular complexity index is 825. The molecule has 2 aromatic carbocycles. The molecule has 0 bridgehead atoms. The van der Waals surface area contributed by atoms with E-state index >= 15 is 0 Å². The van der Waals surface area contributed by atoms with Gasteiger partial charge in [0.2, 0.25) is 0 Å². The van der Waals surface area contributed by atoms with Crippen LogP contribution in [0, 0.1) is 0 Å². The van der Waals surface area contributed by atoms with Crippen molar-refractivity contribution < 1.29 is 17.9 Å². The lowest BCUT2D eigenvalue weighted by molar-refractivity contribution is 0.0953. The van der Waals surface area contributed by atoms with Crippen LogP contribution in [0.5, 0.6) is 5.75 Å². The molecule has 9 heteroatoms. The van der Waals surface area contributed by atoms with Gasteiger partial charge in [0.15, 0.2) is 0 Å². The molecule has 0 heterocycles. The zero-order chi connectivity index (χ0) is 19.0. The van der Waals surface area contributed by atoms with Crippen LogP contribution in [0.3, 0.4) is 0 Å². The summed E-state index contributed by atoms with van der Waals surface area (Å²) in [6.07, 6.45) is 0.685. The number of carbonyl (C=O) groups excluding carboxylic acids is 1. The molecular formula is C18H24ClN3O4S. The smallest absolute Gasteiger partial charge is 0.261 e. The molecule has 0 aliphatic carbocycles. The summed E-state index contributed by atoms with van der Waals surface area (Å²) in [4.78, 5) is 12.0. The van der Waals surface area contributed by atoms with E-state index in [2.05, 4.69) is 10.0 Å². The average molecular weight is 414 g/mol. The molecule has 2 rings (SSSR count). The van der Waals surface area contributed by atoms with Crippen LogP contribution in [-0.2, 0) is 10.0 Å². The third-order valence-electron chi connectivity index (χ3n) is 3.51. The number of benzene rings is 2. The van der Waals surface area contributed by atoms with E-state index in [1.54, 1.807) is 24.3 Å². The van der Waals surface area contributed by atoms with Gasteiger partial charge in [-0.05, 0) is 68.4 Å². The Labute approximate surface area is 165 Å². The standard InChI is InChI=1S/C18H23N3O4S.ClH/c1-2-25-16-8-6-15(7-9-16)21-26(23,24)17-10-4-14(5-11-17)18(22)20-13-3-12-19;/h4-11,21H,2-3,12-13,19H2,1H3,(H,20,22);1H. The molecule has 0 radical (unpaired) electrons. The van der Waals surface area contributed by atoms with Gasteiger partial charge in [-0.1, -0.05) is 0 Å². The van der Waals surface area contributed by atoms with Crippen LogP contribution >= 0.6 is 12.4 Å². The molecule has 0 saturated heterocycles. The van der Waals surface area contributed by atoms with Gasteiger partial charge in [0, 0.05) is 17.8 Å². The summed E-state index contributed by atoms with van der Waals surface area (Å²) in [6.45, 7) is 3.39. The van der Waals surface area contributed by atoms with Crippen molar-refractivity contribution in [3.63, 3.8) is 0 Å². The third-order valence-corrected chi connectivity index (χ3v) is 4.91. The fraction of sp³-hybridized carbons (Fsp3) is 0.278. The van der Waals surface area contributed by atoms with E-state index in [9.17, 15) is 13.2 Å². The summed E-state index contributed by atoms with van der Waals surface area (Å²) in [5.74, 6) is 0.405. The fourth-order valence-electron chi connectivity index (χ4n) is 2.19. The van der Waals surface area contributed by atoms with Crippen molar-refractivity contribution in [1.29, 1.82) is 0 Å². The number of carbonyl (C=O) groups is 1. The summed E-state index contributed by atoms with van der Waals surface area (Å²) in [5.41, 5.74) is 6.19. The van der Waals surface area contributed by atoms with Gasteiger partial charge < -0.3 is 15.8 Å². The quantitative estimate of drug-likeness (QED) is 0.546. The molecule has 0 aromatic heterocycles. The zero-order valence-electron chi connectivity index (χ0n) is 15.0. The van der Waals surface area contributed by atoms with Crippen molar-refractivity contribution in [3.05, 3.63) is 54.1 Å². The Balaban J connectivity index is 0.00000364. The number of halogens is 1. The van der Waals surface area contributed by atoms with Gasteiger partial charge in [-0.3, -0.25) is 9.52 Å². The van der Waals surface area contributed by atoms with Gasteiger partial charge in [-0.25, -0.2) is 8.42 Å². The second kappa shape index (κ2) is 10.8. The predicted octanol–water partition coefficient (Wildman–Crippen LogP) is 2.39. The van der Waals surface area contributed by atoms with Crippen molar-refractivity contribution in [2.45, 2.75) is 18.2 Å². The van der Waals surface area contributed by atoms with Crippen molar-refractivity contribution in [2.75, 3.05) is 24.4 Å². The number of sulfonamides is 1. The summed E-state index contributed by atoms with van der Waals surface area (Å²) in [5, 5.41) is 2.72. The molecule has 148 valence electrons. The number of anilines is 1. The lowest BCUT2D eigenvalue weighted by Crippen LogP contribution is -2.26. The Morgan fingerprint density at radius 1 is 1.07 bits per heavy atom. The van der Waals surface area contributed by atoms with Crippen LogP contribution in [0.4, 0.5) is 5.69 Å². The minimum Gasteiger partial charge on any atom is -0.494 e. The number of amides is 1. The maximum absolute atomic E-state index is 12.4. The van der Waals surface area contributed by atoms with Crippen LogP contribution in [0.1, 0.15) is 23.7 Å². The molecule has 0 fully saturated rings. The monoisotopic (exact) mass is 413 g/mol. The molecule has 0 unspecified atom stereocenters. The summed E-state index contributed by atoms with van der Waals surface area (Å²) < 4.78 is 32.7. The molecule has 4 N–H and O–H groups in total. The van der Waals surface area contributed by atoms with Crippen LogP contribution in [0.15, 0.2) is 53.4 Å². The maximum atomic E-state index is 12.4. The van der Waals surface area contributed by atoms with Gasteiger partial charge >= 0.3 is 0 Å². The van der Waals surface area contributed by atoms with E-state index in [0.29, 0.717) is 43.1 Å². The Morgan fingerprint density at radius 3 is 2.26 bits per heavy atom. The fourth-order valence-corrected chi connectivity index (χ4v) is 3.25. The lowest BCUT2D eigenvalue weighted by atomic mass is 10.2. The average Bonchev–Trinajstić information content (AvgIpc) is 2.63. The second-order valence-corrected chi connectivity index (χ2v) is 7.17. The van der Waals surface area contributed by atoms with Gasteiger partial charge in [0.1, 0.15) is 5.75 Å². The highest BCUT2D eigenvalue weighted by atomic mass is 35.5. The highest BCUT2D eigenvalue weighted by Crippen LogP contribution is 2.20. The predicted molar refractivity (Wildman–Crippen MR) is 108 cm³/mol. The van der Waals surface area contributed by atoms with E-state index in [0.717, 1.165) is 0 Å². The van der Waals surface area contributed by atoms with E-state index in [-0.39, 0.29) is 23.2 Å². The highest BCUT2D eigenvalue weighted by molar-refractivity contribution is 7.92. The second-order valence-electron chi connectivity index (χ2n) is 5.49. The number of nitrogens with one attached hydrogen (secondary N) is 2. The molecule has 27 heavy (non-hydrogen) atoms. The number of ether oxygens (including phenoxy) is 1.